The second kappa shape index (κ2) is 5.89. The van der Waals surface area contributed by atoms with Crippen LogP contribution in [-0.2, 0) is 0 Å². The molecule has 0 spiro atoms. The molecular formula is C15H15ClN4. The van der Waals surface area contributed by atoms with Crippen LogP contribution in [0.3, 0.4) is 0 Å². The molecule has 2 rings (SSSR count). The highest BCUT2D eigenvalue weighted by atomic mass is 35.5. The van der Waals surface area contributed by atoms with E-state index in [0.717, 1.165) is 17.1 Å². The van der Waals surface area contributed by atoms with Crippen molar-refractivity contribution >= 4 is 23.1 Å². The van der Waals surface area contributed by atoms with Crippen LogP contribution in [0.1, 0.15) is 30.9 Å². The lowest BCUT2D eigenvalue weighted by molar-refractivity contribution is 0.839. The number of hydrogen-bond acceptors (Lipinski definition) is 4. The van der Waals surface area contributed by atoms with Crippen LogP contribution in [0.2, 0.25) is 5.15 Å². The SMILES string of the molecule is CC(C)c1c(Cl)ncnc1N(C)c1ccccc1C#N. The van der Waals surface area contributed by atoms with E-state index in [1.54, 1.807) is 6.07 Å². The van der Waals surface area contributed by atoms with Gasteiger partial charge in [-0.2, -0.15) is 5.26 Å². The van der Waals surface area contributed by atoms with Gasteiger partial charge in [-0.05, 0) is 18.1 Å². The maximum absolute atomic E-state index is 9.21. The zero-order chi connectivity index (χ0) is 14.7. The molecule has 0 saturated heterocycles. The van der Waals surface area contributed by atoms with Gasteiger partial charge in [0.05, 0.1) is 11.3 Å². The Bertz CT molecular complexity index is 661. The fraction of sp³-hybridized carbons (Fsp3) is 0.267. The van der Waals surface area contributed by atoms with Crippen molar-refractivity contribution < 1.29 is 0 Å². The Morgan fingerprint density at radius 3 is 2.60 bits per heavy atom. The van der Waals surface area contributed by atoms with Crippen molar-refractivity contribution in [1.29, 1.82) is 5.26 Å². The molecular weight excluding hydrogens is 272 g/mol. The summed E-state index contributed by atoms with van der Waals surface area (Å²) in [5.74, 6) is 0.915. The van der Waals surface area contributed by atoms with E-state index in [1.165, 1.54) is 6.33 Å². The number of halogens is 1. The predicted molar refractivity (Wildman–Crippen MR) is 80.4 cm³/mol. The number of nitrogens with zero attached hydrogens (tertiary/aromatic N) is 4. The fourth-order valence-electron chi connectivity index (χ4n) is 2.10. The summed E-state index contributed by atoms with van der Waals surface area (Å²) in [5.41, 5.74) is 2.27. The average molecular weight is 287 g/mol. The molecule has 4 nitrogen and oxygen atoms in total. The largest absolute Gasteiger partial charge is 0.328 e. The topological polar surface area (TPSA) is 52.8 Å². The first-order valence-corrected chi connectivity index (χ1v) is 6.67. The standard InChI is InChI=1S/C15H15ClN4/c1-10(2)13-14(16)18-9-19-15(13)20(3)12-7-5-4-6-11(12)8-17/h4-7,9-10H,1-3H3. The van der Waals surface area contributed by atoms with E-state index in [0.29, 0.717) is 10.7 Å². The zero-order valence-corrected chi connectivity index (χ0v) is 12.4. The van der Waals surface area contributed by atoms with E-state index in [2.05, 4.69) is 16.0 Å². The third-order valence-electron chi connectivity index (χ3n) is 3.10. The van der Waals surface area contributed by atoms with Crippen LogP contribution in [0.15, 0.2) is 30.6 Å². The number of nitriles is 1. The molecule has 5 heteroatoms. The van der Waals surface area contributed by atoms with Gasteiger partial charge in [0, 0.05) is 12.6 Å². The first kappa shape index (κ1) is 14.3. The van der Waals surface area contributed by atoms with Crippen molar-refractivity contribution in [3.8, 4) is 6.07 Å². The molecule has 0 N–H and O–H groups in total. The van der Waals surface area contributed by atoms with E-state index >= 15 is 0 Å². The van der Waals surface area contributed by atoms with E-state index in [9.17, 15) is 5.26 Å². The Labute approximate surface area is 123 Å². The normalized spacial score (nSPS) is 10.4. The smallest absolute Gasteiger partial charge is 0.141 e. The second-order valence-electron chi connectivity index (χ2n) is 4.74. The first-order valence-electron chi connectivity index (χ1n) is 6.29. The van der Waals surface area contributed by atoms with Gasteiger partial charge in [0.25, 0.3) is 0 Å². The third kappa shape index (κ3) is 2.59. The van der Waals surface area contributed by atoms with Crippen LogP contribution in [0.25, 0.3) is 0 Å². The molecule has 1 aromatic heterocycles. The summed E-state index contributed by atoms with van der Waals surface area (Å²) in [6.07, 6.45) is 1.44. The third-order valence-corrected chi connectivity index (χ3v) is 3.40. The minimum Gasteiger partial charge on any atom is -0.328 e. The van der Waals surface area contributed by atoms with Crippen molar-refractivity contribution in [1.82, 2.24) is 9.97 Å². The Morgan fingerprint density at radius 1 is 1.25 bits per heavy atom. The van der Waals surface area contributed by atoms with Crippen LogP contribution in [0.5, 0.6) is 0 Å². The number of anilines is 2. The van der Waals surface area contributed by atoms with Gasteiger partial charge in [-0.15, -0.1) is 0 Å². The predicted octanol–water partition coefficient (Wildman–Crippen LogP) is 3.89. The molecule has 2 aromatic rings. The molecule has 0 bridgehead atoms. The maximum atomic E-state index is 9.21. The molecule has 20 heavy (non-hydrogen) atoms. The Balaban J connectivity index is 2.57. The molecule has 0 unspecified atom stereocenters. The number of aromatic nitrogens is 2. The molecule has 0 saturated carbocycles. The van der Waals surface area contributed by atoms with E-state index in [-0.39, 0.29) is 5.92 Å². The van der Waals surface area contributed by atoms with Crippen LogP contribution in [0, 0.1) is 11.3 Å². The highest BCUT2D eigenvalue weighted by Crippen LogP contribution is 2.34. The van der Waals surface area contributed by atoms with Crippen molar-refractivity contribution in [2.24, 2.45) is 0 Å². The van der Waals surface area contributed by atoms with Gasteiger partial charge in [0.1, 0.15) is 23.4 Å². The van der Waals surface area contributed by atoms with Crippen molar-refractivity contribution in [2.45, 2.75) is 19.8 Å². The highest BCUT2D eigenvalue weighted by Gasteiger charge is 2.19. The van der Waals surface area contributed by atoms with E-state index < -0.39 is 0 Å². The Morgan fingerprint density at radius 2 is 1.95 bits per heavy atom. The quantitative estimate of drug-likeness (QED) is 0.803. The number of hydrogen-bond donors (Lipinski definition) is 0. The molecule has 102 valence electrons. The summed E-state index contributed by atoms with van der Waals surface area (Å²) in [5, 5.41) is 9.66. The molecule has 0 amide bonds. The van der Waals surface area contributed by atoms with Gasteiger partial charge in [-0.25, -0.2) is 9.97 Å². The number of benzene rings is 1. The maximum Gasteiger partial charge on any atom is 0.141 e. The summed E-state index contributed by atoms with van der Waals surface area (Å²) in [6, 6.07) is 9.59. The van der Waals surface area contributed by atoms with Crippen molar-refractivity contribution in [3.63, 3.8) is 0 Å². The molecule has 0 aliphatic rings. The van der Waals surface area contributed by atoms with Crippen LogP contribution in [0.4, 0.5) is 11.5 Å². The minimum atomic E-state index is 0.190. The molecule has 0 fully saturated rings. The van der Waals surface area contributed by atoms with E-state index in [1.807, 2.05) is 44.0 Å². The fourth-order valence-corrected chi connectivity index (χ4v) is 2.45. The van der Waals surface area contributed by atoms with Crippen molar-refractivity contribution in [3.05, 3.63) is 46.9 Å². The zero-order valence-electron chi connectivity index (χ0n) is 11.6. The molecule has 0 aliphatic heterocycles. The summed E-state index contributed by atoms with van der Waals surface area (Å²) in [7, 11) is 1.88. The second-order valence-corrected chi connectivity index (χ2v) is 5.10. The van der Waals surface area contributed by atoms with Gasteiger partial charge in [-0.3, -0.25) is 0 Å². The summed E-state index contributed by atoms with van der Waals surface area (Å²) < 4.78 is 0. The molecule has 1 heterocycles. The first-order chi connectivity index (χ1) is 9.56. The molecule has 1 aromatic carbocycles. The number of para-hydroxylation sites is 1. The minimum absolute atomic E-state index is 0.190. The van der Waals surface area contributed by atoms with Gasteiger partial charge in [0.15, 0.2) is 0 Å². The van der Waals surface area contributed by atoms with Gasteiger partial charge >= 0.3 is 0 Å². The Kier molecular flexibility index (Phi) is 4.21. The van der Waals surface area contributed by atoms with Gasteiger partial charge < -0.3 is 4.90 Å². The Hall–Kier alpha value is -2.12. The number of rotatable bonds is 3. The van der Waals surface area contributed by atoms with Crippen LogP contribution < -0.4 is 4.90 Å². The van der Waals surface area contributed by atoms with Crippen LogP contribution >= 0.6 is 11.6 Å². The molecule has 0 radical (unpaired) electrons. The lowest BCUT2D eigenvalue weighted by Crippen LogP contribution is -2.16. The lowest BCUT2D eigenvalue weighted by Gasteiger charge is -2.23. The van der Waals surface area contributed by atoms with Crippen molar-refractivity contribution in [2.75, 3.05) is 11.9 Å². The monoisotopic (exact) mass is 286 g/mol. The molecule has 0 atom stereocenters. The highest BCUT2D eigenvalue weighted by molar-refractivity contribution is 6.30. The summed E-state index contributed by atoms with van der Waals surface area (Å²) >= 11 is 6.19. The molecule has 0 aliphatic carbocycles. The van der Waals surface area contributed by atoms with E-state index in [4.69, 9.17) is 11.6 Å². The average Bonchev–Trinajstić information content (AvgIpc) is 2.45. The van der Waals surface area contributed by atoms with Gasteiger partial charge in [-0.1, -0.05) is 37.6 Å². The van der Waals surface area contributed by atoms with Crippen LogP contribution in [-0.4, -0.2) is 17.0 Å². The summed E-state index contributed by atoms with van der Waals surface area (Å²) in [6.45, 7) is 4.08. The van der Waals surface area contributed by atoms with Gasteiger partial charge in [0.2, 0.25) is 0 Å². The lowest BCUT2D eigenvalue weighted by atomic mass is 10.0. The summed E-state index contributed by atoms with van der Waals surface area (Å²) in [4.78, 5) is 10.3.